The number of hydrogen-bond donors (Lipinski definition) is 1. The van der Waals surface area contributed by atoms with Crippen molar-refractivity contribution in [2.45, 2.75) is 32.7 Å². The number of piperidine rings is 1. The van der Waals surface area contributed by atoms with Crippen LogP contribution in [0.4, 0.5) is 18.9 Å². The third kappa shape index (κ3) is 6.15. The molecular formula is C28H35F3N4O2. The van der Waals surface area contributed by atoms with Crippen molar-refractivity contribution in [3.8, 4) is 11.6 Å². The SMILES string of the molecule is Cc1cc(N2CCN(CC3CCCN(C)C3)CC2)cc2cn(Cc3ccc(OC(F)(F)F)cc3)c(O)c12. The molecule has 0 saturated carbocycles. The molecule has 3 heterocycles. The molecule has 1 atom stereocenters. The van der Waals surface area contributed by atoms with Crippen molar-refractivity contribution in [2.75, 3.05) is 57.8 Å². The Morgan fingerprint density at radius 3 is 2.43 bits per heavy atom. The number of hydrogen-bond acceptors (Lipinski definition) is 5. The maximum atomic E-state index is 12.4. The number of aromatic nitrogens is 1. The Hall–Kier alpha value is -2.91. The third-order valence-corrected chi connectivity index (χ3v) is 7.63. The van der Waals surface area contributed by atoms with Crippen LogP contribution in [0.5, 0.6) is 11.6 Å². The standard InChI is InChI=1S/C28H35F3N4O2/c1-20-14-24(34-12-10-33(11-13-34)17-22-4-3-9-32(2)16-22)15-23-19-35(27(36)26(20)23)18-21-5-7-25(8-6-21)37-28(29,30)31/h5-8,14-15,19,22,36H,3-4,9-13,16-18H2,1-2H3. The van der Waals surface area contributed by atoms with E-state index in [-0.39, 0.29) is 11.6 Å². The van der Waals surface area contributed by atoms with E-state index in [4.69, 9.17) is 0 Å². The van der Waals surface area contributed by atoms with Gasteiger partial charge in [-0.2, -0.15) is 0 Å². The van der Waals surface area contributed by atoms with Gasteiger partial charge in [-0.15, -0.1) is 13.2 Å². The van der Waals surface area contributed by atoms with Gasteiger partial charge in [-0.1, -0.05) is 12.1 Å². The predicted molar refractivity (Wildman–Crippen MR) is 139 cm³/mol. The molecule has 0 amide bonds. The van der Waals surface area contributed by atoms with Crippen molar-refractivity contribution >= 4 is 16.5 Å². The summed E-state index contributed by atoms with van der Waals surface area (Å²) >= 11 is 0. The summed E-state index contributed by atoms with van der Waals surface area (Å²) in [5.74, 6) is 0.668. The van der Waals surface area contributed by atoms with Crippen LogP contribution in [-0.2, 0) is 6.54 Å². The van der Waals surface area contributed by atoms with Gasteiger partial charge < -0.3 is 24.2 Å². The Kier molecular flexibility index (Phi) is 7.27. The Bertz CT molecular complexity index is 1220. The van der Waals surface area contributed by atoms with Gasteiger partial charge in [0.25, 0.3) is 0 Å². The molecular weight excluding hydrogens is 481 g/mol. The van der Waals surface area contributed by atoms with Crippen LogP contribution in [0.3, 0.4) is 0 Å². The highest BCUT2D eigenvalue weighted by Crippen LogP contribution is 2.35. The predicted octanol–water partition coefficient (Wildman–Crippen LogP) is 5.07. The molecule has 2 aliphatic rings. The van der Waals surface area contributed by atoms with Gasteiger partial charge in [0.2, 0.25) is 0 Å². The average Bonchev–Trinajstić information content (AvgIpc) is 3.15. The highest BCUT2D eigenvalue weighted by atomic mass is 19.4. The zero-order valence-electron chi connectivity index (χ0n) is 21.5. The zero-order valence-corrected chi connectivity index (χ0v) is 21.5. The number of aromatic hydroxyl groups is 1. The molecule has 0 radical (unpaired) electrons. The minimum absolute atomic E-state index is 0.164. The van der Waals surface area contributed by atoms with Crippen molar-refractivity contribution in [3.63, 3.8) is 0 Å². The summed E-state index contributed by atoms with van der Waals surface area (Å²) in [6.07, 6.45) is -0.180. The average molecular weight is 517 g/mol. The van der Waals surface area contributed by atoms with Crippen LogP contribution in [0.25, 0.3) is 10.8 Å². The van der Waals surface area contributed by atoms with Crippen LogP contribution in [-0.4, -0.2) is 78.7 Å². The van der Waals surface area contributed by atoms with Crippen molar-refractivity contribution < 1.29 is 23.0 Å². The molecule has 3 aromatic rings. The molecule has 2 aliphatic heterocycles. The number of fused-ring (bicyclic) bond motifs is 1. The van der Waals surface area contributed by atoms with Gasteiger partial charge in [0, 0.05) is 61.9 Å². The Balaban J connectivity index is 1.25. The fourth-order valence-corrected chi connectivity index (χ4v) is 5.85. The van der Waals surface area contributed by atoms with E-state index < -0.39 is 6.36 Å². The van der Waals surface area contributed by atoms with Gasteiger partial charge in [-0.25, -0.2) is 0 Å². The van der Waals surface area contributed by atoms with Crippen molar-refractivity contribution in [1.29, 1.82) is 0 Å². The van der Waals surface area contributed by atoms with Crippen LogP contribution in [0, 0.1) is 12.8 Å². The van der Waals surface area contributed by atoms with Crippen LogP contribution in [0.15, 0.2) is 42.6 Å². The summed E-state index contributed by atoms with van der Waals surface area (Å²) in [5.41, 5.74) is 2.93. The van der Waals surface area contributed by atoms with E-state index >= 15 is 0 Å². The molecule has 2 fully saturated rings. The molecule has 200 valence electrons. The molecule has 9 heteroatoms. The second-order valence-electron chi connectivity index (χ2n) is 10.6. The summed E-state index contributed by atoms with van der Waals surface area (Å²) in [5, 5.41) is 12.7. The first-order chi connectivity index (χ1) is 17.6. The summed E-state index contributed by atoms with van der Waals surface area (Å²) in [6, 6.07) is 10.0. The molecule has 0 aliphatic carbocycles. The molecule has 2 saturated heterocycles. The van der Waals surface area contributed by atoms with Crippen LogP contribution in [0.1, 0.15) is 24.0 Å². The van der Waals surface area contributed by atoms with Gasteiger partial charge in [0.05, 0.1) is 6.54 Å². The van der Waals surface area contributed by atoms with E-state index in [0.717, 1.165) is 59.7 Å². The number of benzene rings is 2. The van der Waals surface area contributed by atoms with E-state index in [1.165, 1.54) is 44.6 Å². The number of aryl methyl sites for hydroxylation is 1. The Morgan fingerprint density at radius 2 is 1.76 bits per heavy atom. The number of nitrogens with zero attached hydrogens (tertiary/aromatic N) is 4. The fraction of sp³-hybridized carbons (Fsp3) is 0.500. The first-order valence-corrected chi connectivity index (χ1v) is 13.0. The van der Waals surface area contributed by atoms with Crippen LogP contribution < -0.4 is 9.64 Å². The number of alkyl halides is 3. The lowest BCUT2D eigenvalue weighted by atomic mass is 9.97. The number of anilines is 1. The van der Waals surface area contributed by atoms with Crippen molar-refractivity contribution in [3.05, 3.63) is 53.7 Å². The molecule has 1 N–H and O–H groups in total. The number of rotatable bonds is 6. The molecule has 1 aromatic heterocycles. The highest BCUT2D eigenvalue weighted by Gasteiger charge is 2.31. The lowest BCUT2D eigenvalue weighted by Crippen LogP contribution is -2.49. The molecule has 2 aromatic carbocycles. The Morgan fingerprint density at radius 1 is 1.03 bits per heavy atom. The lowest BCUT2D eigenvalue weighted by Gasteiger charge is -2.39. The van der Waals surface area contributed by atoms with Crippen molar-refractivity contribution in [2.24, 2.45) is 5.92 Å². The van der Waals surface area contributed by atoms with Gasteiger partial charge in [0.15, 0.2) is 5.88 Å². The monoisotopic (exact) mass is 516 g/mol. The fourth-order valence-electron chi connectivity index (χ4n) is 5.85. The maximum absolute atomic E-state index is 12.4. The quantitative estimate of drug-likeness (QED) is 0.496. The van der Waals surface area contributed by atoms with Crippen LogP contribution in [0.2, 0.25) is 0 Å². The highest BCUT2D eigenvalue weighted by molar-refractivity contribution is 5.93. The number of piperazine rings is 1. The number of likely N-dealkylation sites (tertiary alicyclic amines) is 1. The molecule has 6 nitrogen and oxygen atoms in total. The van der Waals surface area contributed by atoms with E-state index in [0.29, 0.717) is 6.54 Å². The van der Waals surface area contributed by atoms with E-state index in [1.54, 1.807) is 16.7 Å². The maximum Gasteiger partial charge on any atom is 0.573 e. The summed E-state index contributed by atoms with van der Waals surface area (Å²) in [7, 11) is 2.22. The van der Waals surface area contributed by atoms with Gasteiger partial charge >= 0.3 is 6.36 Å². The number of ether oxygens (including phenoxy) is 1. The normalized spacial score (nSPS) is 20.0. The number of halogens is 3. The third-order valence-electron chi connectivity index (χ3n) is 7.63. The largest absolute Gasteiger partial charge is 0.573 e. The van der Waals surface area contributed by atoms with E-state index in [1.807, 2.05) is 13.1 Å². The van der Waals surface area contributed by atoms with Gasteiger partial charge in [-0.05, 0) is 74.7 Å². The molecule has 37 heavy (non-hydrogen) atoms. The van der Waals surface area contributed by atoms with E-state index in [9.17, 15) is 18.3 Å². The second kappa shape index (κ2) is 10.5. The van der Waals surface area contributed by atoms with Gasteiger partial charge in [-0.3, -0.25) is 4.90 Å². The van der Waals surface area contributed by atoms with Crippen LogP contribution >= 0.6 is 0 Å². The first kappa shape index (κ1) is 25.7. The van der Waals surface area contributed by atoms with Crippen molar-refractivity contribution in [1.82, 2.24) is 14.4 Å². The summed E-state index contributed by atoms with van der Waals surface area (Å²) in [4.78, 5) is 7.46. The Labute approximate surface area is 215 Å². The topological polar surface area (TPSA) is 44.1 Å². The van der Waals surface area contributed by atoms with Gasteiger partial charge in [0.1, 0.15) is 5.75 Å². The molecule has 1 unspecified atom stereocenters. The molecule has 0 bridgehead atoms. The molecule has 5 rings (SSSR count). The summed E-state index contributed by atoms with van der Waals surface area (Å²) < 4.78 is 43.0. The second-order valence-corrected chi connectivity index (χ2v) is 10.6. The molecule has 0 spiro atoms. The zero-order chi connectivity index (χ0) is 26.2. The minimum Gasteiger partial charge on any atom is -0.494 e. The minimum atomic E-state index is -4.72. The first-order valence-electron chi connectivity index (χ1n) is 13.0. The smallest absolute Gasteiger partial charge is 0.494 e. The lowest BCUT2D eigenvalue weighted by molar-refractivity contribution is -0.274. The van der Waals surface area contributed by atoms with E-state index in [2.05, 4.69) is 38.6 Å². The summed E-state index contributed by atoms with van der Waals surface area (Å²) in [6.45, 7) is 10.0.